The van der Waals surface area contributed by atoms with Gasteiger partial charge in [-0.1, -0.05) is 12.1 Å². The number of hydrogen-bond acceptors (Lipinski definition) is 4. The lowest BCUT2D eigenvalue weighted by molar-refractivity contribution is 0.918. The molecule has 0 fully saturated rings. The van der Waals surface area contributed by atoms with Crippen LogP contribution in [0.2, 0.25) is 0 Å². The lowest BCUT2D eigenvalue weighted by atomic mass is 10.1. The average molecular weight is 216 g/mol. The zero-order chi connectivity index (χ0) is 11.5. The Morgan fingerprint density at radius 3 is 2.88 bits per heavy atom. The van der Waals surface area contributed by atoms with E-state index in [4.69, 9.17) is 0 Å². The van der Waals surface area contributed by atoms with E-state index in [0.29, 0.717) is 5.82 Å². The topological polar surface area (TPSA) is 70.7 Å². The van der Waals surface area contributed by atoms with E-state index in [1.54, 1.807) is 0 Å². The molecule has 5 heteroatoms. The van der Waals surface area contributed by atoms with Gasteiger partial charge in [-0.2, -0.15) is 10.1 Å². The number of nitrogens with zero attached hydrogens (tertiary/aromatic N) is 2. The second-order valence-corrected chi connectivity index (χ2v) is 3.62. The van der Waals surface area contributed by atoms with Crippen LogP contribution in [0.5, 0.6) is 0 Å². The first-order chi connectivity index (χ1) is 7.65. The Morgan fingerprint density at radius 1 is 1.31 bits per heavy atom. The SMILES string of the molecule is Cc1ccc(C)c(Nc2cn[nH]c(=O)n2)c1. The van der Waals surface area contributed by atoms with Crippen LogP contribution in [-0.2, 0) is 0 Å². The lowest BCUT2D eigenvalue weighted by Crippen LogP contribution is -2.13. The molecule has 0 bridgehead atoms. The number of aryl methyl sites for hydroxylation is 2. The molecular weight excluding hydrogens is 204 g/mol. The van der Waals surface area contributed by atoms with Crippen LogP contribution in [0.1, 0.15) is 11.1 Å². The first-order valence-corrected chi connectivity index (χ1v) is 4.91. The van der Waals surface area contributed by atoms with Crippen molar-refractivity contribution in [2.75, 3.05) is 5.32 Å². The molecule has 0 atom stereocenters. The fraction of sp³-hybridized carbons (Fsp3) is 0.182. The van der Waals surface area contributed by atoms with Gasteiger partial charge in [0.05, 0.1) is 6.20 Å². The smallest absolute Gasteiger partial charge is 0.338 e. The highest BCUT2D eigenvalue weighted by molar-refractivity contribution is 5.60. The third-order valence-corrected chi connectivity index (χ3v) is 2.22. The Morgan fingerprint density at radius 2 is 2.12 bits per heavy atom. The molecule has 1 aromatic heterocycles. The van der Waals surface area contributed by atoms with Crippen molar-refractivity contribution in [1.82, 2.24) is 15.2 Å². The highest BCUT2D eigenvalue weighted by Crippen LogP contribution is 2.19. The maximum Gasteiger partial charge on any atom is 0.363 e. The Hall–Kier alpha value is -2.17. The summed E-state index contributed by atoms with van der Waals surface area (Å²) < 4.78 is 0. The summed E-state index contributed by atoms with van der Waals surface area (Å²) in [6.45, 7) is 4.00. The molecule has 2 N–H and O–H groups in total. The fourth-order valence-electron chi connectivity index (χ4n) is 1.38. The molecule has 0 aliphatic heterocycles. The molecule has 1 heterocycles. The maximum absolute atomic E-state index is 11.0. The van der Waals surface area contributed by atoms with Crippen molar-refractivity contribution in [3.8, 4) is 0 Å². The van der Waals surface area contributed by atoms with Gasteiger partial charge in [0.1, 0.15) is 0 Å². The van der Waals surface area contributed by atoms with E-state index < -0.39 is 5.69 Å². The van der Waals surface area contributed by atoms with Crippen molar-refractivity contribution in [3.05, 3.63) is 46.0 Å². The number of anilines is 2. The number of nitrogens with one attached hydrogen (secondary N) is 2. The number of hydrogen-bond donors (Lipinski definition) is 2. The average Bonchev–Trinajstić information content (AvgIpc) is 2.24. The Bertz CT molecular complexity index is 562. The van der Waals surface area contributed by atoms with Crippen LogP contribution in [0.25, 0.3) is 0 Å². The Labute approximate surface area is 92.6 Å². The van der Waals surface area contributed by atoms with Gasteiger partial charge in [0.25, 0.3) is 0 Å². The molecule has 82 valence electrons. The maximum atomic E-state index is 11.0. The van der Waals surface area contributed by atoms with Gasteiger partial charge in [-0.05, 0) is 31.0 Å². The Balaban J connectivity index is 2.33. The number of benzene rings is 1. The van der Waals surface area contributed by atoms with Crippen molar-refractivity contribution in [1.29, 1.82) is 0 Å². The molecule has 16 heavy (non-hydrogen) atoms. The molecule has 0 amide bonds. The second-order valence-electron chi connectivity index (χ2n) is 3.62. The molecule has 0 radical (unpaired) electrons. The molecule has 2 rings (SSSR count). The normalized spacial score (nSPS) is 10.1. The van der Waals surface area contributed by atoms with Crippen LogP contribution in [0, 0.1) is 13.8 Å². The van der Waals surface area contributed by atoms with Gasteiger partial charge in [0.2, 0.25) is 0 Å². The minimum absolute atomic E-state index is 0.442. The molecule has 0 aliphatic rings. The van der Waals surface area contributed by atoms with Crippen molar-refractivity contribution in [3.63, 3.8) is 0 Å². The van der Waals surface area contributed by atoms with E-state index in [-0.39, 0.29) is 0 Å². The molecule has 2 aromatic rings. The van der Waals surface area contributed by atoms with E-state index in [1.807, 2.05) is 32.0 Å². The highest BCUT2D eigenvalue weighted by atomic mass is 16.1. The summed E-state index contributed by atoms with van der Waals surface area (Å²) in [7, 11) is 0. The van der Waals surface area contributed by atoms with Crippen molar-refractivity contribution in [2.24, 2.45) is 0 Å². The lowest BCUT2D eigenvalue weighted by Gasteiger charge is -2.08. The first kappa shape index (κ1) is 10.4. The predicted molar refractivity (Wildman–Crippen MR) is 61.9 cm³/mol. The number of H-pyrrole nitrogens is 1. The van der Waals surface area contributed by atoms with Crippen molar-refractivity contribution in [2.45, 2.75) is 13.8 Å². The minimum atomic E-state index is -0.463. The molecule has 0 aliphatic carbocycles. The van der Waals surface area contributed by atoms with Crippen molar-refractivity contribution >= 4 is 11.5 Å². The zero-order valence-electron chi connectivity index (χ0n) is 9.11. The molecule has 0 unspecified atom stereocenters. The Kier molecular flexibility index (Phi) is 2.68. The second kappa shape index (κ2) is 4.14. The first-order valence-electron chi connectivity index (χ1n) is 4.91. The van der Waals surface area contributed by atoms with Gasteiger partial charge in [0.15, 0.2) is 5.82 Å². The molecular formula is C11H12N4O. The van der Waals surface area contributed by atoms with Gasteiger partial charge in [-0.15, -0.1) is 0 Å². The third kappa shape index (κ3) is 2.25. The largest absolute Gasteiger partial charge is 0.363 e. The monoisotopic (exact) mass is 216 g/mol. The van der Waals surface area contributed by atoms with Gasteiger partial charge < -0.3 is 5.32 Å². The summed E-state index contributed by atoms with van der Waals surface area (Å²) in [5.74, 6) is 0.442. The number of rotatable bonds is 2. The standard InChI is InChI=1S/C11H12N4O/c1-7-3-4-8(2)9(5-7)13-10-6-12-15-11(16)14-10/h3-6H,1-2H3,(H2,13,14,15,16). The van der Waals surface area contributed by atoms with Crippen LogP contribution in [0.15, 0.2) is 29.2 Å². The molecule has 1 aromatic carbocycles. The van der Waals surface area contributed by atoms with E-state index in [2.05, 4.69) is 20.5 Å². The molecule has 5 nitrogen and oxygen atoms in total. The van der Waals surface area contributed by atoms with E-state index in [0.717, 1.165) is 16.8 Å². The summed E-state index contributed by atoms with van der Waals surface area (Å²) in [4.78, 5) is 14.7. The molecule has 0 saturated heterocycles. The van der Waals surface area contributed by atoms with E-state index in [1.165, 1.54) is 6.20 Å². The quantitative estimate of drug-likeness (QED) is 0.798. The molecule has 0 saturated carbocycles. The van der Waals surface area contributed by atoms with Gasteiger partial charge in [-0.3, -0.25) is 0 Å². The third-order valence-electron chi connectivity index (χ3n) is 2.22. The van der Waals surface area contributed by atoms with Crippen LogP contribution in [0.4, 0.5) is 11.5 Å². The van der Waals surface area contributed by atoms with Gasteiger partial charge in [0, 0.05) is 5.69 Å². The summed E-state index contributed by atoms with van der Waals surface area (Å²) in [5, 5.41) is 8.96. The van der Waals surface area contributed by atoms with Crippen LogP contribution in [0.3, 0.4) is 0 Å². The van der Waals surface area contributed by atoms with Crippen LogP contribution >= 0.6 is 0 Å². The van der Waals surface area contributed by atoms with Gasteiger partial charge in [-0.25, -0.2) is 9.89 Å². The van der Waals surface area contributed by atoms with E-state index >= 15 is 0 Å². The summed E-state index contributed by atoms with van der Waals surface area (Å²) in [5.41, 5.74) is 2.70. The fourth-order valence-corrected chi connectivity index (χ4v) is 1.38. The number of aromatic nitrogens is 3. The minimum Gasteiger partial charge on any atom is -0.338 e. The molecule has 0 spiro atoms. The van der Waals surface area contributed by atoms with Crippen LogP contribution in [-0.4, -0.2) is 15.2 Å². The predicted octanol–water partition coefficient (Wildman–Crippen LogP) is 1.53. The summed E-state index contributed by atoms with van der Waals surface area (Å²) in [6, 6.07) is 6.04. The van der Waals surface area contributed by atoms with E-state index in [9.17, 15) is 4.79 Å². The van der Waals surface area contributed by atoms with Gasteiger partial charge >= 0.3 is 5.69 Å². The van der Waals surface area contributed by atoms with Crippen LogP contribution < -0.4 is 11.0 Å². The van der Waals surface area contributed by atoms with Crippen molar-refractivity contribution < 1.29 is 0 Å². The zero-order valence-corrected chi connectivity index (χ0v) is 9.11. The highest BCUT2D eigenvalue weighted by Gasteiger charge is 2.01. The summed E-state index contributed by atoms with van der Waals surface area (Å²) in [6.07, 6.45) is 1.48. The number of aromatic amines is 1. The summed E-state index contributed by atoms with van der Waals surface area (Å²) >= 11 is 0.